The molecule has 1 saturated heterocycles. The topological polar surface area (TPSA) is 41.6 Å². The first kappa shape index (κ1) is 14.8. The van der Waals surface area contributed by atoms with Crippen molar-refractivity contribution in [2.75, 3.05) is 20.2 Å². The minimum absolute atomic E-state index is 0.0778. The van der Waals surface area contributed by atoms with Crippen LogP contribution in [0.5, 0.6) is 0 Å². The van der Waals surface area contributed by atoms with Gasteiger partial charge in [-0.3, -0.25) is 9.69 Å². The number of piperazine rings is 1. The van der Waals surface area contributed by atoms with Crippen molar-refractivity contribution in [2.24, 2.45) is 0 Å². The Kier molecular flexibility index (Phi) is 4.85. The van der Waals surface area contributed by atoms with Crippen LogP contribution in [-0.2, 0) is 9.53 Å². The van der Waals surface area contributed by atoms with Gasteiger partial charge in [0.05, 0.1) is 13.5 Å². The van der Waals surface area contributed by atoms with E-state index in [4.69, 9.17) is 4.74 Å². The Morgan fingerprint density at radius 1 is 1.32 bits per heavy atom. The molecule has 4 heteroatoms. The van der Waals surface area contributed by atoms with Crippen molar-refractivity contribution in [3.05, 3.63) is 0 Å². The Bertz CT molecular complexity index is 311. The van der Waals surface area contributed by atoms with Gasteiger partial charge >= 0.3 is 5.97 Å². The zero-order chi connectivity index (χ0) is 13.9. The molecule has 1 aliphatic carbocycles. The van der Waals surface area contributed by atoms with Gasteiger partial charge < -0.3 is 10.1 Å². The molecular weight excluding hydrogens is 240 g/mol. The molecular formula is C15H28N2O2. The predicted octanol–water partition coefficient (Wildman–Crippen LogP) is 1.93. The summed E-state index contributed by atoms with van der Waals surface area (Å²) < 4.78 is 4.80. The van der Waals surface area contributed by atoms with Gasteiger partial charge in [-0.1, -0.05) is 19.3 Å². The lowest BCUT2D eigenvalue weighted by Crippen LogP contribution is -2.64. The highest BCUT2D eigenvalue weighted by atomic mass is 16.5. The fourth-order valence-corrected chi connectivity index (χ4v) is 3.62. The van der Waals surface area contributed by atoms with E-state index in [1.165, 1.54) is 39.2 Å². The van der Waals surface area contributed by atoms with Gasteiger partial charge in [0, 0.05) is 30.7 Å². The van der Waals surface area contributed by atoms with Crippen LogP contribution < -0.4 is 5.32 Å². The Morgan fingerprint density at radius 3 is 2.63 bits per heavy atom. The van der Waals surface area contributed by atoms with Crippen molar-refractivity contribution in [2.45, 2.75) is 70.0 Å². The van der Waals surface area contributed by atoms with Crippen LogP contribution in [0, 0.1) is 0 Å². The van der Waals surface area contributed by atoms with Gasteiger partial charge in [0.2, 0.25) is 0 Å². The van der Waals surface area contributed by atoms with Crippen molar-refractivity contribution >= 4 is 5.97 Å². The molecule has 2 aliphatic rings. The first-order valence-electron chi connectivity index (χ1n) is 7.59. The third-order valence-corrected chi connectivity index (χ3v) is 4.38. The summed E-state index contributed by atoms with van der Waals surface area (Å²) in [5.41, 5.74) is 0.0778. The molecule has 1 atom stereocenters. The fourth-order valence-electron chi connectivity index (χ4n) is 3.62. The zero-order valence-electron chi connectivity index (χ0n) is 12.6. The molecule has 2 fully saturated rings. The molecule has 19 heavy (non-hydrogen) atoms. The predicted molar refractivity (Wildman–Crippen MR) is 76.1 cm³/mol. The number of esters is 1. The fraction of sp³-hybridized carbons (Fsp3) is 0.933. The van der Waals surface area contributed by atoms with E-state index >= 15 is 0 Å². The maximum Gasteiger partial charge on any atom is 0.307 e. The summed E-state index contributed by atoms with van der Waals surface area (Å²) in [5.74, 6) is -0.112. The number of rotatable bonds is 3. The first-order chi connectivity index (χ1) is 9.00. The number of carbonyl (C=O) groups excluding carboxylic acids is 1. The van der Waals surface area contributed by atoms with E-state index in [-0.39, 0.29) is 17.6 Å². The highest BCUT2D eigenvalue weighted by Gasteiger charge is 2.36. The molecule has 1 N–H and O–H groups in total. The van der Waals surface area contributed by atoms with Crippen molar-refractivity contribution in [1.82, 2.24) is 10.2 Å². The summed E-state index contributed by atoms with van der Waals surface area (Å²) in [5, 5.41) is 3.58. The van der Waals surface area contributed by atoms with Crippen molar-refractivity contribution in [3.63, 3.8) is 0 Å². The number of nitrogens with zero attached hydrogens (tertiary/aromatic N) is 1. The van der Waals surface area contributed by atoms with Crippen LogP contribution in [0.2, 0.25) is 0 Å². The molecule has 0 aromatic rings. The molecule has 4 nitrogen and oxygen atoms in total. The van der Waals surface area contributed by atoms with Gasteiger partial charge in [-0.25, -0.2) is 0 Å². The van der Waals surface area contributed by atoms with Crippen LogP contribution in [0.3, 0.4) is 0 Å². The zero-order valence-corrected chi connectivity index (χ0v) is 12.6. The lowest BCUT2D eigenvalue weighted by molar-refractivity contribution is -0.141. The van der Waals surface area contributed by atoms with Gasteiger partial charge in [0.15, 0.2) is 0 Å². The van der Waals surface area contributed by atoms with E-state index in [1.54, 1.807) is 0 Å². The van der Waals surface area contributed by atoms with Crippen LogP contribution in [0.1, 0.15) is 52.4 Å². The summed E-state index contributed by atoms with van der Waals surface area (Å²) >= 11 is 0. The van der Waals surface area contributed by atoms with Crippen LogP contribution in [0.15, 0.2) is 0 Å². The van der Waals surface area contributed by atoms with Crippen LogP contribution in [0.4, 0.5) is 0 Å². The molecule has 0 amide bonds. The summed E-state index contributed by atoms with van der Waals surface area (Å²) in [6.45, 7) is 6.51. The maximum atomic E-state index is 11.5. The smallest absolute Gasteiger partial charge is 0.307 e. The minimum atomic E-state index is -0.112. The van der Waals surface area contributed by atoms with Gasteiger partial charge in [-0.05, 0) is 26.7 Å². The van der Waals surface area contributed by atoms with Crippen molar-refractivity contribution < 1.29 is 9.53 Å². The van der Waals surface area contributed by atoms with E-state index in [0.29, 0.717) is 6.42 Å². The Labute approximate surface area is 116 Å². The number of methoxy groups -OCH3 is 1. The van der Waals surface area contributed by atoms with Gasteiger partial charge in [0.25, 0.3) is 0 Å². The van der Waals surface area contributed by atoms with Crippen molar-refractivity contribution in [3.8, 4) is 0 Å². The van der Waals surface area contributed by atoms with Crippen LogP contribution >= 0.6 is 0 Å². The molecule has 1 heterocycles. The van der Waals surface area contributed by atoms with Crippen LogP contribution in [-0.4, -0.2) is 48.7 Å². The monoisotopic (exact) mass is 268 g/mol. The van der Waals surface area contributed by atoms with Crippen molar-refractivity contribution in [1.29, 1.82) is 0 Å². The molecule has 1 saturated carbocycles. The quantitative estimate of drug-likeness (QED) is 0.794. The summed E-state index contributed by atoms with van der Waals surface area (Å²) in [7, 11) is 1.47. The summed E-state index contributed by atoms with van der Waals surface area (Å²) in [6, 6.07) is 0.938. The molecule has 0 aromatic heterocycles. The molecule has 0 spiro atoms. The maximum absolute atomic E-state index is 11.5. The molecule has 110 valence electrons. The number of nitrogens with one attached hydrogen (secondary N) is 1. The van der Waals surface area contributed by atoms with E-state index in [1.807, 2.05) is 0 Å². The van der Waals surface area contributed by atoms with Gasteiger partial charge in [-0.2, -0.15) is 0 Å². The number of carbonyl (C=O) groups is 1. The molecule has 2 rings (SSSR count). The van der Waals surface area contributed by atoms with Gasteiger partial charge in [0.1, 0.15) is 0 Å². The normalized spacial score (nSPS) is 29.1. The Balaban J connectivity index is 1.97. The third-order valence-electron chi connectivity index (χ3n) is 4.38. The first-order valence-corrected chi connectivity index (χ1v) is 7.59. The van der Waals surface area contributed by atoms with Crippen LogP contribution in [0.25, 0.3) is 0 Å². The second-order valence-corrected chi connectivity index (χ2v) is 6.73. The lowest BCUT2D eigenvalue weighted by atomic mass is 9.89. The third kappa shape index (κ3) is 4.18. The van der Waals surface area contributed by atoms with E-state index in [9.17, 15) is 4.79 Å². The highest BCUT2D eigenvalue weighted by molar-refractivity contribution is 5.70. The molecule has 0 bridgehead atoms. The summed E-state index contributed by atoms with van der Waals surface area (Å²) in [4.78, 5) is 14.1. The number of hydrogen-bond acceptors (Lipinski definition) is 4. The standard InChI is InChI=1S/C15H28N2O2/c1-15(2)11-17(13-7-5-4-6-8-13)10-12(16-15)9-14(18)19-3/h12-13,16H,4-11H2,1-3H3. The second kappa shape index (κ2) is 6.23. The SMILES string of the molecule is COC(=O)CC1CN(C2CCCCC2)CC(C)(C)N1. The van der Waals surface area contributed by atoms with E-state index < -0.39 is 0 Å². The minimum Gasteiger partial charge on any atom is -0.469 e. The number of hydrogen-bond donors (Lipinski definition) is 1. The largest absolute Gasteiger partial charge is 0.469 e. The average Bonchev–Trinajstić information content (AvgIpc) is 2.37. The molecule has 0 aromatic carbocycles. The number of ether oxygens (including phenoxy) is 1. The second-order valence-electron chi connectivity index (χ2n) is 6.73. The average molecular weight is 268 g/mol. The summed E-state index contributed by atoms with van der Waals surface area (Å²) in [6.07, 6.45) is 7.22. The Hall–Kier alpha value is -0.610. The molecule has 1 aliphatic heterocycles. The van der Waals surface area contributed by atoms with E-state index in [0.717, 1.165) is 19.1 Å². The van der Waals surface area contributed by atoms with E-state index in [2.05, 4.69) is 24.1 Å². The molecule has 0 radical (unpaired) electrons. The Morgan fingerprint density at radius 2 is 2.00 bits per heavy atom. The molecule has 1 unspecified atom stereocenters. The lowest BCUT2D eigenvalue weighted by Gasteiger charge is -2.47. The highest BCUT2D eigenvalue weighted by Crippen LogP contribution is 2.26. The van der Waals surface area contributed by atoms with Gasteiger partial charge in [-0.15, -0.1) is 0 Å².